The summed E-state index contributed by atoms with van der Waals surface area (Å²) in [4.78, 5) is 22.0. The number of nitrogens with zero attached hydrogens (tertiary/aromatic N) is 1. The SMILES string of the molecule is COc1cccc(CNC(=O)c2ccc([N+](=O)[O-])cc2)c1. The fourth-order valence-corrected chi connectivity index (χ4v) is 1.80. The minimum Gasteiger partial charge on any atom is -0.497 e. The molecule has 0 saturated heterocycles. The maximum absolute atomic E-state index is 11.9. The third-order valence-corrected chi connectivity index (χ3v) is 2.93. The number of nitrogens with one attached hydrogen (secondary N) is 1. The predicted octanol–water partition coefficient (Wildman–Crippen LogP) is 2.53. The van der Waals surface area contributed by atoms with Crippen molar-refractivity contribution in [3.05, 3.63) is 69.8 Å². The van der Waals surface area contributed by atoms with Crippen LogP contribution in [0.2, 0.25) is 0 Å². The average Bonchev–Trinajstić information content (AvgIpc) is 2.53. The fraction of sp³-hybridized carbons (Fsp3) is 0.133. The first-order valence-corrected chi connectivity index (χ1v) is 6.26. The van der Waals surface area contributed by atoms with Crippen molar-refractivity contribution in [1.82, 2.24) is 5.32 Å². The van der Waals surface area contributed by atoms with Crippen LogP contribution in [0.4, 0.5) is 5.69 Å². The van der Waals surface area contributed by atoms with Gasteiger partial charge in [0.2, 0.25) is 0 Å². The first-order valence-electron chi connectivity index (χ1n) is 6.26. The highest BCUT2D eigenvalue weighted by Crippen LogP contribution is 2.14. The van der Waals surface area contributed by atoms with Crippen LogP contribution in [0.1, 0.15) is 15.9 Å². The van der Waals surface area contributed by atoms with Gasteiger partial charge in [0.1, 0.15) is 5.75 Å². The number of hydrogen-bond donors (Lipinski definition) is 1. The first kappa shape index (κ1) is 14.5. The minimum atomic E-state index is -0.502. The van der Waals surface area contributed by atoms with Gasteiger partial charge in [-0.15, -0.1) is 0 Å². The Morgan fingerprint density at radius 3 is 2.57 bits per heavy atom. The Morgan fingerprint density at radius 2 is 1.95 bits per heavy atom. The molecule has 2 aromatic carbocycles. The molecule has 6 nitrogen and oxygen atoms in total. The van der Waals surface area contributed by atoms with Gasteiger partial charge < -0.3 is 10.1 Å². The van der Waals surface area contributed by atoms with Crippen LogP contribution >= 0.6 is 0 Å². The van der Waals surface area contributed by atoms with Crippen LogP contribution in [-0.4, -0.2) is 17.9 Å². The molecule has 1 N–H and O–H groups in total. The van der Waals surface area contributed by atoms with Crippen LogP contribution in [0.25, 0.3) is 0 Å². The zero-order valence-electron chi connectivity index (χ0n) is 11.4. The average molecular weight is 286 g/mol. The van der Waals surface area contributed by atoms with Crippen molar-refractivity contribution in [1.29, 1.82) is 0 Å². The molecular formula is C15H14N2O4. The van der Waals surface area contributed by atoms with Gasteiger partial charge in [-0.3, -0.25) is 14.9 Å². The molecule has 0 aliphatic carbocycles. The second-order valence-corrected chi connectivity index (χ2v) is 4.34. The number of carbonyl (C=O) groups excluding carboxylic acids is 1. The molecule has 0 heterocycles. The van der Waals surface area contributed by atoms with Gasteiger partial charge in [-0.1, -0.05) is 12.1 Å². The molecule has 2 rings (SSSR count). The second kappa shape index (κ2) is 6.51. The molecule has 0 aliphatic heterocycles. The molecule has 0 aliphatic rings. The topological polar surface area (TPSA) is 81.5 Å². The van der Waals surface area contributed by atoms with Crippen molar-refractivity contribution < 1.29 is 14.5 Å². The Balaban J connectivity index is 1.99. The molecule has 0 bridgehead atoms. The van der Waals surface area contributed by atoms with Crippen molar-refractivity contribution in [3.8, 4) is 5.75 Å². The largest absolute Gasteiger partial charge is 0.497 e. The van der Waals surface area contributed by atoms with E-state index in [-0.39, 0.29) is 11.6 Å². The third-order valence-electron chi connectivity index (χ3n) is 2.93. The molecule has 0 saturated carbocycles. The van der Waals surface area contributed by atoms with Gasteiger partial charge in [0.05, 0.1) is 12.0 Å². The van der Waals surface area contributed by atoms with Crippen LogP contribution in [0.5, 0.6) is 5.75 Å². The van der Waals surface area contributed by atoms with Gasteiger partial charge in [0.25, 0.3) is 11.6 Å². The highest BCUT2D eigenvalue weighted by molar-refractivity contribution is 5.94. The monoisotopic (exact) mass is 286 g/mol. The van der Waals surface area contributed by atoms with E-state index in [1.165, 1.54) is 24.3 Å². The maximum atomic E-state index is 11.9. The van der Waals surface area contributed by atoms with E-state index in [9.17, 15) is 14.9 Å². The first-order chi connectivity index (χ1) is 10.1. The summed E-state index contributed by atoms with van der Waals surface area (Å²) >= 11 is 0. The number of ether oxygens (including phenoxy) is 1. The highest BCUT2D eigenvalue weighted by Gasteiger charge is 2.09. The lowest BCUT2D eigenvalue weighted by Crippen LogP contribution is -2.22. The smallest absolute Gasteiger partial charge is 0.269 e. The lowest BCUT2D eigenvalue weighted by atomic mass is 10.1. The van der Waals surface area contributed by atoms with Crippen molar-refractivity contribution in [3.63, 3.8) is 0 Å². The number of non-ortho nitro benzene ring substituents is 1. The Bertz CT molecular complexity index is 653. The summed E-state index contributed by atoms with van der Waals surface area (Å²) in [5.41, 5.74) is 1.24. The lowest BCUT2D eigenvalue weighted by molar-refractivity contribution is -0.384. The van der Waals surface area contributed by atoms with Crippen molar-refractivity contribution in [2.24, 2.45) is 0 Å². The predicted molar refractivity (Wildman–Crippen MR) is 77.3 cm³/mol. The van der Waals surface area contributed by atoms with Gasteiger partial charge in [0, 0.05) is 24.2 Å². The van der Waals surface area contributed by atoms with E-state index in [1.807, 2.05) is 24.3 Å². The molecule has 0 spiro atoms. The molecule has 0 aromatic heterocycles. The van der Waals surface area contributed by atoms with Crippen LogP contribution in [0.3, 0.4) is 0 Å². The zero-order chi connectivity index (χ0) is 15.2. The number of methoxy groups -OCH3 is 1. The van der Waals surface area contributed by atoms with E-state index in [0.717, 1.165) is 11.3 Å². The van der Waals surface area contributed by atoms with Crippen LogP contribution in [0.15, 0.2) is 48.5 Å². The number of nitro groups is 1. The van der Waals surface area contributed by atoms with Gasteiger partial charge in [-0.05, 0) is 29.8 Å². The van der Waals surface area contributed by atoms with E-state index < -0.39 is 4.92 Å². The van der Waals surface area contributed by atoms with Crippen molar-refractivity contribution in [2.45, 2.75) is 6.54 Å². The third kappa shape index (κ3) is 3.79. The van der Waals surface area contributed by atoms with Gasteiger partial charge in [-0.25, -0.2) is 0 Å². The van der Waals surface area contributed by atoms with Crippen molar-refractivity contribution >= 4 is 11.6 Å². The lowest BCUT2D eigenvalue weighted by Gasteiger charge is -2.07. The number of benzene rings is 2. The highest BCUT2D eigenvalue weighted by atomic mass is 16.6. The molecule has 1 amide bonds. The van der Waals surface area contributed by atoms with Crippen molar-refractivity contribution in [2.75, 3.05) is 7.11 Å². The quantitative estimate of drug-likeness (QED) is 0.676. The number of nitro benzene ring substituents is 1. The maximum Gasteiger partial charge on any atom is 0.269 e. The summed E-state index contributed by atoms with van der Waals surface area (Å²) in [6, 6.07) is 12.8. The Labute approximate surface area is 121 Å². The van der Waals surface area contributed by atoms with Crippen LogP contribution in [-0.2, 0) is 6.54 Å². The fourth-order valence-electron chi connectivity index (χ4n) is 1.80. The van der Waals surface area contributed by atoms with E-state index in [0.29, 0.717) is 12.1 Å². The number of amides is 1. The molecular weight excluding hydrogens is 272 g/mol. The summed E-state index contributed by atoms with van der Waals surface area (Å²) < 4.78 is 5.11. The summed E-state index contributed by atoms with van der Waals surface area (Å²) in [5.74, 6) is 0.435. The number of hydrogen-bond acceptors (Lipinski definition) is 4. The molecule has 2 aromatic rings. The summed E-state index contributed by atoms with van der Waals surface area (Å²) in [6.45, 7) is 0.354. The Hall–Kier alpha value is -2.89. The molecule has 21 heavy (non-hydrogen) atoms. The zero-order valence-corrected chi connectivity index (χ0v) is 11.4. The second-order valence-electron chi connectivity index (χ2n) is 4.34. The summed E-state index contributed by atoms with van der Waals surface area (Å²) in [5, 5.41) is 13.3. The van der Waals surface area contributed by atoms with Crippen LogP contribution < -0.4 is 10.1 Å². The molecule has 0 atom stereocenters. The molecule has 6 heteroatoms. The molecule has 108 valence electrons. The number of rotatable bonds is 5. The van der Waals surface area contributed by atoms with E-state index >= 15 is 0 Å². The normalized spacial score (nSPS) is 9.95. The molecule has 0 unspecified atom stereocenters. The molecule has 0 fully saturated rings. The van der Waals surface area contributed by atoms with E-state index in [2.05, 4.69) is 5.32 Å². The minimum absolute atomic E-state index is 0.0423. The Kier molecular flexibility index (Phi) is 4.50. The molecule has 0 radical (unpaired) electrons. The van der Waals surface area contributed by atoms with Gasteiger partial charge >= 0.3 is 0 Å². The van der Waals surface area contributed by atoms with E-state index in [4.69, 9.17) is 4.74 Å². The van der Waals surface area contributed by atoms with Gasteiger partial charge in [0.15, 0.2) is 0 Å². The van der Waals surface area contributed by atoms with Gasteiger partial charge in [-0.2, -0.15) is 0 Å². The number of carbonyl (C=O) groups is 1. The Morgan fingerprint density at radius 1 is 1.24 bits per heavy atom. The summed E-state index contributed by atoms with van der Waals surface area (Å²) in [7, 11) is 1.58. The standard InChI is InChI=1S/C15H14N2O4/c1-21-14-4-2-3-11(9-14)10-16-15(18)12-5-7-13(8-6-12)17(19)20/h2-9H,10H2,1H3,(H,16,18). The van der Waals surface area contributed by atoms with E-state index in [1.54, 1.807) is 7.11 Å². The summed E-state index contributed by atoms with van der Waals surface area (Å²) in [6.07, 6.45) is 0. The van der Waals surface area contributed by atoms with Crippen LogP contribution in [0, 0.1) is 10.1 Å².